The maximum Gasteiger partial charge on any atom is 0.239 e. The fourth-order valence-electron chi connectivity index (χ4n) is 3.15. The summed E-state index contributed by atoms with van der Waals surface area (Å²) in [4.78, 5) is 18.8. The Bertz CT molecular complexity index is 1060. The van der Waals surface area contributed by atoms with E-state index >= 15 is 0 Å². The number of hydrogen-bond acceptors (Lipinski definition) is 5. The Morgan fingerprint density at radius 1 is 1.17 bits per heavy atom. The van der Waals surface area contributed by atoms with Gasteiger partial charge in [0.1, 0.15) is 5.69 Å². The smallest absolute Gasteiger partial charge is 0.239 e. The molecule has 0 radical (unpaired) electrons. The fraction of sp³-hybridized carbons (Fsp3) is 0.300. The molecule has 1 saturated heterocycles. The summed E-state index contributed by atoms with van der Waals surface area (Å²) in [7, 11) is 0. The van der Waals surface area contributed by atoms with Crippen LogP contribution in [0.25, 0.3) is 0 Å². The molecule has 1 aliphatic rings. The number of aryl methyl sites for hydroxylation is 1. The molecule has 0 saturated carbocycles. The van der Waals surface area contributed by atoms with Crippen LogP contribution in [0.15, 0.2) is 47.8 Å². The Hall–Kier alpha value is -2.58. The first-order chi connectivity index (χ1) is 14.0. The lowest BCUT2D eigenvalue weighted by Gasteiger charge is -2.15. The van der Waals surface area contributed by atoms with Crippen LogP contribution in [-0.4, -0.2) is 41.3 Å². The van der Waals surface area contributed by atoms with Crippen molar-refractivity contribution in [2.75, 3.05) is 5.75 Å². The number of nitrogens with zero attached hydrogens (tertiary/aromatic N) is 6. The molecule has 1 aliphatic heterocycles. The van der Waals surface area contributed by atoms with Gasteiger partial charge in [0, 0.05) is 22.8 Å². The van der Waals surface area contributed by atoms with Crippen LogP contribution in [0.1, 0.15) is 23.7 Å². The zero-order valence-electron chi connectivity index (χ0n) is 16.2. The van der Waals surface area contributed by atoms with Crippen molar-refractivity contribution < 1.29 is 4.79 Å². The first kappa shape index (κ1) is 19.7. The first-order valence-electron chi connectivity index (χ1n) is 9.33. The molecule has 2 aromatic heterocycles. The van der Waals surface area contributed by atoms with Crippen LogP contribution in [0.2, 0.25) is 5.02 Å². The Morgan fingerprint density at radius 2 is 1.97 bits per heavy atom. The van der Waals surface area contributed by atoms with Crippen molar-refractivity contribution in [3.63, 3.8) is 0 Å². The molecule has 1 fully saturated rings. The molecule has 0 unspecified atom stereocenters. The first-order valence-corrected chi connectivity index (χ1v) is 10.7. The van der Waals surface area contributed by atoms with Gasteiger partial charge in [-0.05, 0) is 31.5 Å². The van der Waals surface area contributed by atoms with Gasteiger partial charge in [0.15, 0.2) is 5.17 Å². The number of amidine groups is 1. The summed E-state index contributed by atoms with van der Waals surface area (Å²) < 4.78 is 3.75. The normalized spacial score (nSPS) is 15.6. The third-order valence-electron chi connectivity index (χ3n) is 4.79. The topological polar surface area (TPSA) is 68.3 Å². The van der Waals surface area contributed by atoms with E-state index < -0.39 is 0 Å². The van der Waals surface area contributed by atoms with Crippen LogP contribution in [0.3, 0.4) is 0 Å². The summed E-state index contributed by atoms with van der Waals surface area (Å²) >= 11 is 7.39. The number of rotatable bonds is 6. The predicted octanol–water partition coefficient (Wildman–Crippen LogP) is 3.87. The van der Waals surface area contributed by atoms with Crippen molar-refractivity contribution in [3.05, 3.63) is 64.7 Å². The molecule has 0 N–H and O–H groups in total. The molecule has 0 bridgehead atoms. The van der Waals surface area contributed by atoms with E-state index in [0.717, 1.165) is 29.1 Å². The van der Waals surface area contributed by atoms with Crippen molar-refractivity contribution in [1.29, 1.82) is 0 Å². The van der Waals surface area contributed by atoms with E-state index in [0.29, 0.717) is 29.0 Å². The minimum Gasteiger partial charge on any atom is -0.286 e. The van der Waals surface area contributed by atoms with E-state index in [4.69, 9.17) is 11.6 Å². The zero-order valence-corrected chi connectivity index (χ0v) is 17.8. The highest BCUT2D eigenvalue weighted by Gasteiger charge is 2.29. The number of carbonyl (C=O) groups is 1. The molecule has 3 aromatic rings. The average molecular weight is 429 g/mol. The summed E-state index contributed by atoms with van der Waals surface area (Å²) in [6.07, 6.45) is 5.42. The third kappa shape index (κ3) is 4.38. The maximum atomic E-state index is 12.4. The van der Waals surface area contributed by atoms with E-state index in [1.807, 2.05) is 52.9 Å². The standard InChI is InChI=1S/C20H21ClN6OS/c1-3-27-14(2)16(8-23-27)11-26-19(28)13-29-20(26)24-18-9-22-25(12-18)10-15-4-6-17(21)7-5-15/h4-9,12H,3,10-11,13H2,1-2H3. The Labute approximate surface area is 178 Å². The predicted molar refractivity (Wildman–Crippen MR) is 116 cm³/mol. The molecular weight excluding hydrogens is 408 g/mol. The van der Waals surface area contributed by atoms with Gasteiger partial charge in [0.2, 0.25) is 5.91 Å². The van der Waals surface area contributed by atoms with Crippen LogP contribution in [0.4, 0.5) is 5.69 Å². The van der Waals surface area contributed by atoms with E-state index in [-0.39, 0.29) is 5.91 Å². The van der Waals surface area contributed by atoms with Crippen LogP contribution >= 0.6 is 23.4 Å². The average Bonchev–Trinajstić information content (AvgIpc) is 3.40. The number of benzene rings is 1. The second-order valence-electron chi connectivity index (χ2n) is 6.76. The van der Waals surface area contributed by atoms with E-state index in [2.05, 4.69) is 22.1 Å². The summed E-state index contributed by atoms with van der Waals surface area (Å²) in [5.41, 5.74) is 3.94. The third-order valence-corrected chi connectivity index (χ3v) is 6.00. The summed E-state index contributed by atoms with van der Waals surface area (Å²) in [6, 6.07) is 7.68. The number of aliphatic imine (C=N–C) groups is 1. The number of hydrogen-bond donors (Lipinski definition) is 0. The molecule has 1 amide bonds. The molecule has 29 heavy (non-hydrogen) atoms. The number of halogens is 1. The van der Waals surface area contributed by atoms with Gasteiger partial charge in [-0.1, -0.05) is 35.5 Å². The highest BCUT2D eigenvalue weighted by atomic mass is 35.5. The van der Waals surface area contributed by atoms with Crippen LogP contribution in [-0.2, 0) is 24.4 Å². The van der Waals surface area contributed by atoms with Crippen LogP contribution in [0.5, 0.6) is 0 Å². The second-order valence-corrected chi connectivity index (χ2v) is 8.14. The molecule has 9 heteroatoms. The maximum absolute atomic E-state index is 12.4. The van der Waals surface area contributed by atoms with Gasteiger partial charge < -0.3 is 0 Å². The molecular formula is C20H21ClN6OS. The molecule has 1 aromatic carbocycles. The Balaban J connectivity index is 1.50. The fourth-order valence-corrected chi connectivity index (χ4v) is 4.18. The lowest BCUT2D eigenvalue weighted by atomic mass is 10.2. The Kier molecular flexibility index (Phi) is 5.73. The summed E-state index contributed by atoms with van der Waals surface area (Å²) in [5, 5.41) is 10.2. The monoisotopic (exact) mass is 428 g/mol. The van der Waals surface area contributed by atoms with Crippen molar-refractivity contribution in [3.8, 4) is 0 Å². The van der Waals surface area contributed by atoms with Crippen molar-refractivity contribution >= 4 is 40.1 Å². The number of thioether (sulfide) groups is 1. The molecule has 7 nitrogen and oxygen atoms in total. The van der Waals surface area contributed by atoms with Gasteiger partial charge >= 0.3 is 0 Å². The van der Waals surface area contributed by atoms with Crippen LogP contribution < -0.4 is 0 Å². The minimum absolute atomic E-state index is 0.0611. The van der Waals surface area contributed by atoms with Crippen molar-refractivity contribution in [1.82, 2.24) is 24.5 Å². The van der Waals surface area contributed by atoms with Gasteiger partial charge in [-0.15, -0.1) is 0 Å². The lowest BCUT2D eigenvalue weighted by Crippen LogP contribution is -2.29. The SMILES string of the molecule is CCn1ncc(CN2C(=O)CSC2=Nc2cnn(Cc3ccc(Cl)cc3)c2)c1C. The number of amides is 1. The van der Waals surface area contributed by atoms with E-state index in [1.54, 1.807) is 11.1 Å². The molecule has 3 heterocycles. The highest BCUT2D eigenvalue weighted by Crippen LogP contribution is 2.26. The van der Waals surface area contributed by atoms with Gasteiger partial charge in [0.25, 0.3) is 0 Å². The summed E-state index contributed by atoms with van der Waals surface area (Å²) in [6.45, 7) is 6.00. The molecule has 0 aliphatic carbocycles. The molecule has 0 spiro atoms. The lowest BCUT2D eigenvalue weighted by molar-refractivity contribution is -0.124. The quantitative estimate of drug-likeness (QED) is 0.597. The minimum atomic E-state index is 0.0611. The molecule has 0 atom stereocenters. The number of aromatic nitrogens is 4. The summed E-state index contributed by atoms with van der Waals surface area (Å²) in [5.74, 6) is 0.463. The van der Waals surface area contributed by atoms with Gasteiger partial charge in [0.05, 0.1) is 37.4 Å². The van der Waals surface area contributed by atoms with Gasteiger partial charge in [-0.3, -0.25) is 19.1 Å². The zero-order chi connectivity index (χ0) is 20.4. The van der Waals surface area contributed by atoms with Crippen molar-refractivity contribution in [2.24, 2.45) is 4.99 Å². The van der Waals surface area contributed by atoms with Crippen LogP contribution in [0, 0.1) is 6.92 Å². The van der Waals surface area contributed by atoms with Crippen molar-refractivity contribution in [2.45, 2.75) is 33.5 Å². The van der Waals surface area contributed by atoms with E-state index in [1.165, 1.54) is 11.8 Å². The molecule has 4 rings (SSSR count). The highest BCUT2D eigenvalue weighted by molar-refractivity contribution is 8.15. The number of carbonyl (C=O) groups excluding carboxylic acids is 1. The van der Waals surface area contributed by atoms with E-state index in [9.17, 15) is 4.79 Å². The van der Waals surface area contributed by atoms with Gasteiger partial charge in [-0.2, -0.15) is 10.2 Å². The largest absolute Gasteiger partial charge is 0.286 e. The Morgan fingerprint density at radius 3 is 2.69 bits per heavy atom. The van der Waals surface area contributed by atoms with Gasteiger partial charge in [-0.25, -0.2) is 4.99 Å². The molecule has 150 valence electrons. The second kappa shape index (κ2) is 8.42.